The number of rotatable bonds is 40. The van der Waals surface area contributed by atoms with E-state index in [-0.39, 0.29) is 31.1 Å². The summed E-state index contributed by atoms with van der Waals surface area (Å²) < 4.78 is 70.3. The van der Waals surface area contributed by atoms with Crippen molar-refractivity contribution in [2.24, 2.45) is 5.92 Å². The molecule has 0 rings (SSSR count). The van der Waals surface area contributed by atoms with E-state index in [1.807, 2.05) is 27.7 Å². The molecule has 51 heavy (non-hydrogen) atoms. The maximum Gasteiger partial charge on any atom is 0.332 e. The Kier molecular flexibility index (Phi) is 37.1. The predicted molar refractivity (Wildman–Crippen MR) is 189 cm³/mol. The van der Waals surface area contributed by atoms with Crippen LogP contribution in [-0.2, 0) is 71.2 Å². The van der Waals surface area contributed by atoms with Crippen molar-refractivity contribution < 1.29 is 71.2 Å². The number of esters is 2. The van der Waals surface area contributed by atoms with E-state index in [1.165, 1.54) is 0 Å². The number of carbonyl (C=O) groups excluding carboxylic acids is 2. The maximum absolute atomic E-state index is 12.0. The Hall–Kier alpha value is -1.50. The molecule has 0 aromatic carbocycles. The van der Waals surface area contributed by atoms with Gasteiger partial charge in [-0.25, -0.2) is 4.79 Å². The molecule has 1 unspecified atom stereocenters. The van der Waals surface area contributed by atoms with Crippen LogP contribution in [0.5, 0.6) is 0 Å². The van der Waals surface area contributed by atoms with Crippen LogP contribution in [0, 0.1) is 5.92 Å². The van der Waals surface area contributed by atoms with Gasteiger partial charge in [-0.15, -0.1) is 0 Å². The Labute approximate surface area is 306 Å². The average molecular weight is 743 g/mol. The van der Waals surface area contributed by atoms with Gasteiger partial charge in [0.05, 0.1) is 145 Å². The molecule has 0 radical (unpaired) electrons. The zero-order valence-electron chi connectivity index (χ0n) is 32.3. The number of ether oxygens (including phenoxy) is 13. The summed E-state index contributed by atoms with van der Waals surface area (Å²) in [6, 6.07) is 0. The van der Waals surface area contributed by atoms with Crippen LogP contribution >= 0.6 is 0 Å². The first kappa shape index (κ1) is 49.5. The fraction of sp³-hybridized carbons (Fsp3) is 0.944. The summed E-state index contributed by atoms with van der Waals surface area (Å²) in [6.45, 7) is 19.4. The van der Waals surface area contributed by atoms with Crippen LogP contribution in [0.2, 0.25) is 0 Å². The fourth-order valence-corrected chi connectivity index (χ4v) is 3.98. The highest BCUT2D eigenvalue weighted by Crippen LogP contribution is 2.14. The van der Waals surface area contributed by atoms with Crippen LogP contribution in [0.25, 0.3) is 0 Å². The molecule has 0 aliphatic heterocycles. The van der Waals surface area contributed by atoms with E-state index in [1.54, 1.807) is 0 Å². The van der Waals surface area contributed by atoms with Gasteiger partial charge in [0.1, 0.15) is 18.8 Å². The summed E-state index contributed by atoms with van der Waals surface area (Å²) in [7, 11) is 0. The quantitative estimate of drug-likeness (QED) is 0.0666. The highest BCUT2D eigenvalue weighted by atomic mass is 16.6. The summed E-state index contributed by atoms with van der Waals surface area (Å²) in [5.74, 6) is -0.522. The Morgan fingerprint density at radius 2 is 0.745 bits per heavy atom. The molecule has 0 aromatic rings. The first-order valence-electron chi connectivity index (χ1n) is 18.5. The minimum atomic E-state index is -0.514. The highest BCUT2D eigenvalue weighted by Gasteiger charge is 2.17. The van der Waals surface area contributed by atoms with Gasteiger partial charge < -0.3 is 61.6 Å². The Morgan fingerprint density at radius 1 is 0.451 bits per heavy atom. The third-order valence-corrected chi connectivity index (χ3v) is 6.56. The van der Waals surface area contributed by atoms with Crippen LogP contribution < -0.4 is 0 Å². The van der Waals surface area contributed by atoms with Crippen LogP contribution in [0.15, 0.2) is 0 Å². The second-order valence-corrected chi connectivity index (χ2v) is 12.2. The molecule has 0 aliphatic rings. The van der Waals surface area contributed by atoms with Crippen molar-refractivity contribution in [3.8, 4) is 0 Å². The molecule has 0 saturated heterocycles. The van der Waals surface area contributed by atoms with E-state index in [0.717, 1.165) is 25.7 Å². The SMILES string of the molecule is CCCCC(CC)C(=O)OCCOCCOCCOCCOCCOCCOCCOCCOCCOCCOCCOCC(=O)OC(C)(C)C. The molecule has 0 fully saturated rings. The molecule has 0 aromatic heterocycles. The van der Waals surface area contributed by atoms with Gasteiger partial charge in [-0.2, -0.15) is 0 Å². The molecule has 15 heteroatoms. The largest absolute Gasteiger partial charge is 0.463 e. The van der Waals surface area contributed by atoms with Crippen molar-refractivity contribution >= 4 is 11.9 Å². The molecular formula is C36H70O15. The van der Waals surface area contributed by atoms with Gasteiger partial charge in [-0.05, 0) is 33.6 Å². The second-order valence-electron chi connectivity index (χ2n) is 12.2. The van der Waals surface area contributed by atoms with Crippen molar-refractivity contribution in [3.63, 3.8) is 0 Å². The Morgan fingerprint density at radius 3 is 1.02 bits per heavy atom. The van der Waals surface area contributed by atoms with Gasteiger partial charge in [-0.1, -0.05) is 26.7 Å². The minimum Gasteiger partial charge on any atom is -0.463 e. The topological polar surface area (TPSA) is 154 Å². The lowest BCUT2D eigenvalue weighted by Crippen LogP contribution is -2.27. The van der Waals surface area contributed by atoms with Gasteiger partial charge in [0.15, 0.2) is 0 Å². The van der Waals surface area contributed by atoms with Crippen molar-refractivity contribution in [2.45, 2.75) is 65.9 Å². The molecule has 0 N–H and O–H groups in total. The second kappa shape index (κ2) is 38.2. The van der Waals surface area contributed by atoms with Crippen LogP contribution in [0.4, 0.5) is 0 Å². The van der Waals surface area contributed by atoms with Crippen LogP contribution in [0.3, 0.4) is 0 Å². The first-order chi connectivity index (χ1) is 24.8. The Balaban J connectivity index is 3.17. The summed E-state index contributed by atoms with van der Waals surface area (Å²) in [5.41, 5.74) is -0.514. The van der Waals surface area contributed by atoms with E-state index in [0.29, 0.717) is 139 Å². The predicted octanol–water partition coefficient (Wildman–Crippen LogP) is 3.27. The molecule has 1 atom stereocenters. The van der Waals surface area contributed by atoms with E-state index < -0.39 is 5.60 Å². The van der Waals surface area contributed by atoms with E-state index in [9.17, 15) is 9.59 Å². The first-order valence-corrected chi connectivity index (χ1v) is 18.5. The molecule has 0 heterocycles. The molecule has 0 bridgehead atoms. The lowest BCUT2D eigenvalue weighted by atomic mass is 10.00. The zero-order chi connectivity index (χ0) is 37.5. The van der Waals surface area contributed by atoms with Crippen molar-refractivity contribution in [3.05, 3.63) is 0 Å². The van der Waals surface area contributed by atoms with Crippen molar-refractivity contribution in [1.29, 1.82) is 0 Å². The molecule has 304 valence electrons. The number of hydrogen-bond donors (Lipinski definition) is 0. The van der Waals surface area contributed by atoms with E-state index >= 15 is 0 Å². The van der Waals surface area contributed by atoms with E-state index in [2.05, 4.69) is 6.92 Å². The van der Waals surface area contributed by atoms with Gasteiger partial charge in [0, 0.05) is 0 Å². The van der Waals surface area contributed by atoms with Gasteiger partial charge in [0.2, 0.25) is 0 Å². The highest BCUT2D eigenvalue weighted by molar-refractivity contribution is 5.72. The number of unbranched alkanes of at least 4 members (excludes halogenated alkanes) is 1. The third-order valence-electron chi connectivity index (χ3n) is 6.56. The fourth-order valence-electron chi connectivity index (χ4n) is 3.98. The van der Waals surface area contributed by atoms with Crippen LogP contribution in [0.1, 0.15) is 60.3 Å². The molecular weight excluding hydrogens is 672 g/mol. The monoisotopic (exact) mass is 742 g/mol. The smallest absolute Gasteiger partial charge is 0.332 e. The molecule has 15 nitrogen and oxygen atoms in total. The average Bonchev–Trinajstić information content (AvgIpc) is 3.09. The molecule has 0 aliphatic carbocycles. The summed E-state index contributed by atoms with van der Waals surface area (Å²) in [4.78, 5) is 23.5. The number of hydrogen-bond acceptors (Lipinski definition) is 15. The van der Waals surface area contributed by atoms with Crippen molar-refractivity contribution in [1.82, 2.24) is 0 Å². The van der Waals surface area contributed by atoms with E-state index in [4.69, 9.17) is 61.6 Å². The zero-order valence-corrected chi connectivity index (χ0v) is 32.3. The van der Waals surface area contributed by atoms with Gasteiger partial charge >= 0.3 is 11.9 Å². The maximum atomic E-state index is 12.0. The third kappa shape index (κ3) is 39.5. The summed E-state index contributed by atoms with van der Waals surface area (Å²) >= 11 is 0. The van der Waals surface area contributed by atoms with Crippen molar-refractivity contribution in [2.75, 3.05) is 152 Å². The lowest BCUT2D eigenvalue weighted by molar-refractivity contribution is -0.160. The Bertz CT molecular complexity index is 751. The standard InChI is InChI=1S/C36H70O15/c1-6-8-9-33(7-2)35(38)50-31-30-48-27-26-46-23-22-44-19-18-42-15-14-40-11-10-39-12-13-41-16-17-43-20-21-45-24-25-47-28-29-49-32-34(37)51-36(3,4)5/h33H,6-32H2,1-5H3. The lowest BCUT2D eigenvalue weighted by Gasteiger charge is -2.19. The molecule has 0 spiro atoms. The van der Waals surface area contributed by atoms with Gasteiger partial charge in [0.25, 0.3) is 0 Å². The summed E-state index contributed by atoms with van der Waals surface area (Å²) in [5, 5.41) is 0. The normalized spacial score (nSPS) is 12.3. The van der Waals surface area contributed by atoms with Crippen LogP contribution in [-0.4, -0.2) is 169 Å². The minimum absolute atomic E-state index is 0.00831. The molecule has 0 saturated carbocycles. The summed E-state index contributed by atoms with van der Waals surface area (Å²) in [6.07, 6.45) is 3.82. The van der Waals surface area contributed by atoms with Gasteiger partial charge in [-0.3, -0.25) is 4.79 Å². The molecule has 0 amide bonds. The number of carbonyl (C=O) groups is 2.